The molecule has 1 N–H and O–H groups in total. The van der Waals surface area contributed by atoms with Crippen molar-refractivity contribution in [3.8, 4) is 11.8 Å². The molecule has 1 aromatic carbocycles. The number of halogens is 1. The second-order valence-electron chi connectivity index (χ2n) is 9.15. The quantitative estimate of drug-likeness (QED) is 0.626. The summed E-state index contributed by atoms with van der Waals surface area (Å²) in [5, 5.41) is 13.9. The van der Waals surface area contributed by atoms with E-state index in [9.17, 15) is 10.1 Å². The van der Waals surface area contributed by atoms with Crippen LogP contribution in [0, 0.1) is 22.7 Å². The molecule has 1 aromatic heterocycles. The van der Waals surface area contributed by atoms with Gasteiger partial charge in [0.25, 0.3) is 5.91 Å². The van der Waals surface area contributed by atoms with Gasteiger partial charge in [-0.25, -0.2) is 0 Å². The molecule has 1 aliphatic carbocycles. The van der Waals surface area contributed by atoms with Crippen LogP contribution >= 0.6 is 22.9 Å². The molecular weight excluding hydrogens is 404 g/mol. The van der Waals surface area contributed by atoms with E-state index in [1.165, 1.54) is 16.2 Å². The third-order valence-electron chi connectivity index (χ3n) is 5.56. The van der Waals surface area contributed by atoms with Gasteiger partial charge in [0.15, 0.2) is 5.60 Å². The van der Waals surface area contributed by atoms with Crippen LogP contribution in [0.4, 0.5) is 5.00 Å². The van der Waals surface area contributed by atoms with Crippen molar-refractivity contribution in [2.45, 2.75) is 59.5 Å². The molecule has 0 fully saturated rings. The molecule has 0 saturated heterocycles. The topological polar surface area (TPSA) is 62.1 Å². The molecule has 0 radical (unpaired) electrons. The third-order valence-corrected chi connectivity index (χ3v) is 6.98. The van der Waals surface area contributed by atoms with E-state index in [-0.39, 0.29) is 11.3 Å². The lowest BCUT2D eigenvalue weighted by atomic mass is 9.72. The number of amides is 1. The van der Waals surface area contributed by atoms with Crippen molar-refractivity contribution in [1.29, 1.82) is 5.26 Å². The van der Waals surface area contributed by atoms with Crippen molar-refractivity contribution in [3.63, 3.8) is 0 Å². The Bertz CT molecular complexity index is 949. The first kappa shape index (κ1) is 21.7. The first-order valence-electron chi connectivity index (χ1n) is 9.82. The lowest BCUT2D eigenvalue weighted by Crippen LogP contribution is -2.42. The molecule has 0 spiro atoms. The highest BCUT2D eigenvalue weighted by Crippen LogP contribution is 2.44. The summed E-state index contributed by atoms with van der Waals surface area (Å²) in [6.07, 6.45) is 2.91. The van der Waals surface area contributed by atoms with Crippen LogP contribution in [0.1, 0.15) is 57.0 Å². The average Bonchev–Trinajstić information content (AvgIpc) is 2.98. The maximum Gasteiger partial charge on any atom is 0.268 e. The lowest BCUT2D eigenvalue weighted by Gasteiger charge is -2.33. The summed E-state index contributed by atoms with van der Waals surface area (Å²) >= 11 is 7.44. The molecule has 1 heterocycles. The number of hydrogen-bond acceptors (Lipinski definition) is 4. The first-order valence-corrected chi connectivity index (χ1v) is 11.0. The number of benzene rings is 1. The van der Waals surface area contributed by atoms with Gasteiger partial charge in [-0.15, -0.1) is 11.3 Å². The molecule has 0 bridgehead atoms. The molecule has 3 rings (SSSR count). The summed E-state index contributed by atoms with van der Waals surface area (Å²) in [6.45, 7) is 10.2. The number of nitrogens with one attached hydrogen (secondary N) is 1. The highest BCUT2D eigenvalue weighted by atomic mass is 35.5. The Morgan fingerprint density at radius 1 is 1.24 bits per heavy atom. The number of nitrogens with zero attached hydrogens (tertiary/aromatic N) is 1. The molecule has 1 amide bonds. The molecule has 29 heavy (non-hydrogen) atoms. The molecule has 1 atom stereocenters. The molecule has 4 nitrogen and oxygen atoms in total. The smallest absolute Gasteiger partial charge is 0.268 e. The molecule has 0 aliphatic heterocycles. The zero-order chi connectivity index (χ0) is 21.4. The Morgan fingerprint density at radius 3 is 2.48 bits per heavy atom. The van der Waals surface area contributed by atoms with Crippen LogP contribution in [0.25, 0.3) is 0 Å². The van der Waals surface area contributed by atoms with Gasteiger partial charge < -0.3 is 10.1 Å². The number of carbonyl (C=O) groups excluding carboxylic acids is 1. The van der Waals surface area contributed by atoms with Crippen LogP contribution in [-0.2, 0) is 17.6 Å². The van der Waals surface area contributed by atoms with Gasteiger partial charge in [-0.2, -0.15) is 5.26 Å². The minimum atomic E-state index is -1.10. The fourth-order valence-corrected chi connectivity index (χ4v) is 5.03. The largest absolute Gasteiger partial charge is 0.478 e. The first-order chi connectivity index (χ1) is 13.5. The average molecular weight is 431 g/mol. The summed E-state index contributed by atoms with van der Waals surface area (Å²) in [7, 11) is 0. The van der Waals surface area contributed by atoms with Crippen molar-refractivity contribution in [1.82, 2.24) is 0 Å². The number of anilines is 1. The van der Waals surface area contributed by atoms with Gasteiger partial charge >= 0.3 is 0 Å². The number of ether oxygens (including phenoxy) is 1. The fourth-order valence-electron chi connectivity index (χ4n) is 3.63. The summed E-state index contributed by atoms with van der Waals surface area (Å²) in [5.74, 6) is 0.858. The van der Waals surface area contributed by atoms with Gasteiger partial charge in [0.2, 0.25) is 0 Å². The van der Waals surface area contributed by atoms with Crippen molar-refractivity contribution in [2.75, 3.05) is 5.32 Å². The van der Waals surface area contributed by atoms with Gasteiger partial charge in [0.05, 0.1) is 5.56 Å². The van der Waals surface area contributed by atoms with Crippen LogP contribution < -0.4 is 10.1 Å². The van der Waals surface area contributed by atoms with Gasteiger partial charge in [-0.1, -0.05) is 32.4 Å². The van der Waals surface area contributed by atoms with Crippen molar-refractivity contribution in [3.05, 3.63) is 45.3 Å². The minimum absolute atomic E-state index is 0.228. The van der Waals surface area contributed by atoms with Crippen molar-refractivity contribution in [2.24, 2.45) is 11.3 Å². The molecule has 1 aliphatic rings. The molecule has 0 saturated carbocycles. The maximum atomic E-state index is 12.9. The number of fused-ring (bicyclic) bond motifs is 1. The Kier molecular flexibility index (Phi) is 5.98. The number of nitriles is 1. The monoisotopic (exact) mass is 430 g/mol. The normalized spacial score (nSPS) is 16.7. The molecule has 6 heteroatoms. The zero-order valence-electron chi connectivity index (χ0n) is 17.6. The van der Waals surface area contributed by atoms with E-state index >= 15 is 0 Å². The summed E-state index contributed by atoms with van der Waals surface area (Å²) in [4.78, 5) is 14.2. The van der Waals surface area contributed by atoms with E-state index in [4.69, 9.17) is 16.3 Å². The van der Waals surface area contributed by atoms with Crippen molar-refractivity contribution < 1.29 is 9.53 Å². The van der Waals surface area contributed by atoms with Crippen LogP contribution in [0.3, 0.4) is 0 Å². The SMILES string of the molecule is CC(C)(Oc1ccc(Cl)cc1)C(=O)Nc1sc2c(c1C#N)CC[C@@H](C(C)(C)C)C2. The Hall–Kier alpha value is -2.03. The van der Waals surface area contributed by atoms with E-state index in [0.29, 0.717) is 27.3 Å². The number of rotatable bonds is 4. The summed E-state index contributed by atoms with van der Waals surface area (Å²) in [5.41, 5.74) is 0.836. The zero-order valence-corrected chi connectivity index (χ0v) is 19.1. The highest BCUT2D eigenvalue weighted by Gasteiger charge is 2.35. The van der Waals surface area contributed by atoms with E-state index in [1.807, 2.05) is 0 Å². The number of thiophene rings is 1. The van der Waals surface area contributed by atoms with Gasteiger partial charge in [-0.3, -0.25) is 4.79 Å². The number of carbonyl (C=O) groups is 1. The Balaban J connectivity index is 1.79. The highest BCUT2D eigenvalue weighted by molar-refractivity contribution is 7.16. The molecular formula is C23H27ClN2O2S. The molecule has 0 unspecified atom stereocenters. The predicted molar refractivity (Wildman–Crippen MR) is 119 cm³/mol. The lowest BCUT2D eigenvalue weighted by molar-refractivity contribution is -0.128. The van der Waals surface area contributed by atoms with Gasteiger partial charge in [0.1, 0.15) is 16.8 Å². The van der Waals surface area contributed by atoms with E-state index in [2.05, 4.69) is 32.2 Å². The summed E-state index contributed by atoms with van der Waals surface area (Å²) < 4.78 is 5.88. The Morgan fingerprint density at radius 2 is 1.90 bits per heavy atom. The molecule has 2 aromatic rings. The Labute approximate surface area is 181 Å². The van der Waals surface area contributed by atoms with Gasteiger partial charge in [0, 0.05) is 9.90 Å². The van der Waals surface area contributed by atoms with Crippen LogP contribution in [0.15, 0.2) is 24.3 Å². The van der Waals surface area contributed by atoms with Crippen LogP contribution in [0.2, 0.25) is 5.02 Å². The second-order valence-corrected chi connectivity index (χ2v) is 10.7. The maximum absolute atomic E-state index is 12.9. The second kappa shape index (κ2) is 8.01. The summed E-state index contributed by atoms with van der Waals surface area (Å²) in [6, 6.07) is 9.21. The van der Waals surface area contributed by atoms with Crippen molar-refractivity contribution >= 4 is 33.8 Å². The van der Waals surface area contributed by atoms with Gasteiger partial charge in [-0.05, 0) is 74.3 Å². The van der Waals surface area contributed by atoms with E-state index in [0.717, 1.165) is 24.8 Å². The molecule has 154 valence electrons. The van der Waals surface area contributed by atoms with E-state index in [1.54, 1.807) is 38.1 Å². The fraction of sp³-hybridized carbons (Fsp3) is 0.478. The standard InChI is InChI=1S/C23H27ClN2O2S/c1-22(2,3)14-6-11-17-18(13-25)20(29-19(17)12-14)26-21(27)23(4,5)28-16-9-7-15(24)8-10-16/h7-10,14H,6,11-12H2,1-5H3,(H,26,27)/t14-/m1/s1. The van der Waals surface area contributed by atoms with Crippen LogP contribution in [-0.4, -0.2) is 11.5 Å². The van der Waals surface area contributed by atoms with Crippen LogP contribution in [0.5, 0.6) is 5.75 Å². The minimum Gasteiger partial charge on any atom is -0.478 e. The third kappa shape index (κ3) is 4.76. The van der Waals surface area contributed by atoms with E-state index < -0.39 is 5.60 Å². The predicted octanol–water partition coefficient (Wildman–Crippen LogP) is 6.22. The number of hydrogen-bond donors (Lipinski definition) is 1.